The zero-order chi connectivity index (χ0) is 14.5. The Morgan fingerprint density at radius 1 is 1.35 bits per heavy atom. The second-order valence-corrected chi connectivity index (χ2v) is 6.24. The Balaban J connectivity index is 1.88. The molecule has 2 rings (SSSR count). The van der Waals surface area contributed by atoms with Gasteiger partial charge in [-0.1, -0.05) is 25.5 Å². The van der Waals surface area contributed by atoms with Crippen molar-refractivity contribution in [1.82, 2.24) is 4.90 Å². The van der Waals surface area contributed by atoms with Crippen LogP contribution < -0.4 is 0 Å². The molecule has 1 N–H and O–H groups in total. The van der Waals surface area contributed by atoms with Gasteiger partial charge in [-0.15, -0.1) is 0 Å². The molecular weight excluding hydrogens is 253 g/mol. The summed E-state index contributed by atoms with van der Waals surface area (Å²) < 4.78 is 13.2. The van der Waals surface area contributed by atoms with Crippen LogP contribution in [0.4, 0.5) is 4.39 Å². The molecule has 2 nitrogen and oxygen atoms in total. The average Bonchev–Trinajstić information content (AvgIpc) is 2.41. The van der Waals surface area contributed by atoms with Crippen molar-refractivity contribution < 1.29 is 9.50 Å². The minimum Gasteiger partial charge on any atom is -0.393 e. The van der Waals surface area contributed by atoms with Crippen molar-refractivity contribution >= 4 is 0 Å². The van der Waals surface area contributed by atoms with E-state index in [1.165, 1.54) is 12.5 Å². The monoisotopic (exact) mass is 279 g/mol. The molecule has 0 aromatic heterocycles. The van der Waals surface area contributed by atoms with E-state index >= 15 is 0 Å². The zero-order valence-electron chi connectivity index (χ0n) is 12.6. The number of hydrogen-bond donors (Lipinski definition) is 1. The van der Waals surface area contributed by atoms with Crippen molar-refractivity contribution in [3.05, 3.63) is 35.6 Å². The Morgan fingerprint density at radius 2 is 2.15 bits per heavy atom. The highest BCUT2D eigenvalue weighted by molar-refractivity contribution is 5.16. The van der Waals surface area contributed by atoms with E-state index in [0.717, 1.165) is 43.8 Å². The predicted molar refractivity (Wildman–Crippen MR) is 79.9 cm³/mol. The number of benzene rings is 1. The molecule has 3 atom stereocenters. The number of nitrogens with zero attached hydrogens (tertiary/aromatic N) is 1. The number of aliphatic hydroxyl groups excluding tert-OH is 1. The highest BCUT2D eigenvalue weighted by Crippen LogP contribution is 2.31. The standard InChI is InChI=1S/C17H26FNO/c1-3-13-7-8-17(20)15(9-13)12-19(2)11-14-5-4-6-16(18)10-14/h4-6,10,13,15,17,20H,3,7-9,11-12H2,1-2H3. The van der Waals surface area contributed by atoms with Crippen molar-refractivity contribution in [2.75, 3.05) is 13.6 Å². The Kier molecular flexibility index (Phi) is 5.55. The van der Waals surface area contributed by atoms with Gasteiger partial charge in [-0.2, -0.15) is 0 Å². The first-order chi connectivity index (χ1) is 9.58. The van der Waals surface area contributed by atoms with E-state index in [1.54, 1.807) is 12.1 Å². The normalized spacial score (nSPS) is 26.9. The summed E-state index contributed by atoms with van der Waals surface area (Å²) in [5, 5.41) is 10.2. The summed E-state index contributed by atoms with van der Waals surface area (Å²) in [5.41, 5.74) is 0.991. The lowest BCUT2D eigenvalue weighted by Crippen LogP contribution is -2.37. The Labute approximate surface area is 121 Å². The number of aliphatic hydroxyl groups is 1. The Morgan fingerprint density at radius 3 is 2.85 bits per heavy atom. The molecule has 1 fully saturated rings. The van der Waals surface area contributed by atoms with Crippen LogP contribution in [0.15, 0.2) is 24.3 Å². The van der Waals surface area contributed by atoms with Gasteiger partial charge in [-0.25, -0.2) is 4.39 Å². The maximum atomic E-state index is 13.2. The Hall–Kier alpha value is -0.930. The van der Waals surface area contributed by atoms with Gasteiger partial charge in [-0.3, -0.25) is 0 Å². The van der Waals surface area contributed by atoms with E-state index < -0.39 is 0 Å². The van der Waals surface area contributed by atoms with Crippen molar-refractivity contribution in [2.45, 2.75) is 45.3 Å². The smallest absolute Gasteiger partial charge is 0.123 e. The third kappa shape index (κ3) is 4.29. The van der Waals surface area contributed by atoms with E-state index in [0.29, 0.717) is 5.92 Å². The highest BCUT2D eigenvalue weighted by atomic mass is 19.1. The lowest BCUT2D eigenvalue weighted by atomic mass is 9.78. The van der Waals surface area contributed by atoms with Gasteiger partial charge < -0.3 is 10.0 Å². The van der Waals surface area contributed by atoms with Gasteiger partial charge in [0.25, 0.3) is 0 Å². The van der Waals surface area contributed by atoms with Crippen LogP contribution in [0.2, 0.25) is 0 Å². The third-order valence-electron chi connectivity index (χ3n) is 4.52. The predicted octanol–water partition coefficient (Wildman–Crippen LogP) is 3.44. The van der Waals surface area contributed by atoms with Gasteiger partial charge in [0.05, 0.1) is 6.10 Å². The molecule has 1 aromatic rings. The highest BCUT2D eigenvalue weighted by Gasteiger charge is 2.28. The topological polar surface area (TPSA) is 23.5 Å². The molecule has 3 unspecified atom stereocenters. The summed E-state index contributed by atoms with van der Waals surface area (Å²) >= 11 is 0. The maximum Gasteiger partial charge on any atom is 0.123 e. The van der Waals surface area contributed by atoms with Gasteiger partial charge >= 0.3 is 0 Å². The molecule has 1 aliphatic rings. The van der Waals surface area contributed by atoms with Crippen molar-refractivity contribution in [3.63, 3.8) is 0 Å². The van der Waals surface area contributed by atoms with Gasteiger partial charge in [0.15, 0.2) is 0 Å². The lowest BCUT2D eigenvalue weighted by molar-refractivity contribution is 0.0298. The summed E-state index contributed by atoms with van der Waals surface area (Å²) in [4.78, 5) is 2.20. The van der Waals surface area contributed by atoms with E-state index in [-0.39, 0.29) is 11.9 Å². The van der Waals surface area contributed by atoms with Gasteiger partial charge in [0.2, 0.25) is 0 Å². The molecular formula is C17H26FNO. The van der Waals surface area contributed by atoms with Gasteiger partial charge in [0.1, 0.15) is 5.82 Å². The van der Waals surface area contributed by atoms with Crippen LogP contribution in [0.1, 0.15) is 38.2 Å². The SMILES string of the molecule is CCC1CCC(O)C(CN(C)Cc2cccc(F)c2)C1. The van der Waals surface area contributed by atoms with Gasteiger partial charge in [-0.05, 0) is 55.8 Å². The molecule has 0 spiro atoms. The molecule has 112 valence electrons. The Bertz CT molecular complexity index is 423. The summed E-state index contributed by atoms with van der Waals surface area (Å²) in [6.07, 6.45) is 4.23. The number of hydrogen-bond acceptors (Lipinski definition) is 2. The van der Waals surface area contributed by atoms with Gasteiger partial charge in [0, 0.05) is 13.1 Å². The van der Waals surface area contributed by atoms with E-state index in [2.05, 4.69) is 11.8 Å². The first-order valence-electron chi connectivity index (χ1n) is 7.69. The number of rotatable bonds is 5. The van der Waals surface area contributed by atoms with E-state index in [9.17, 15) is 9.50 Å². The summed E-state index contributed by atoms with van der Waals surface area (Å²) in [6, 6.07) is 6.76. The molecule has 0 radical (unpaired) electrons. The summed E-state index contributed by atoms with van der Waals surface area (Å²) in [6.45, 7) is 3.85. The van der Waals surface area contributed by atoms with Crippen molar-refractivity contribution in [3.8, 4) is 0 Å². The minimum absolute atomic E-state index is 0.173. The molecule has 1 aliphatic carbocycles. The first-order valence-corrected chi connectivity index (χ1v) is 7.69. The quantitative estimate of drug-likeness (QED) is 0.892. The molecule has 1 aromatic carbocycles. The molecule has 3 heteroatoms. The van der Waals surface area contributed by atoms with Crippen molar-refractivity contribution in [2.24, 2.45) is 11.8 Å². The van der Waals surface area contributed by atoms with Crippen LogP contribution >= 0.6 is 0 Å². The second kappa shape index (κ2) is 7.19. The maximum absolute atomic E-state index is 13.2. The number of halogens is 1. The minimum atomic E-state index is -0.181. The zero-order valence-corrected chi connectivity index (χ0v) is 12.6. The second-order valence-electron chi connectivity index (χ2n) is 6.24. The molecule has 0 heterocycles. The fourth-order valence-corrected chi connectivity index (χ4v) is 3.32. The van der Waals surface area contributed by atoms with Crippen LogP contribution in [0.25, 0.3) is 0 Å². The first kappa shape index (κ1) is 15.5. The molecule has 0 aliphatic heterocycles. The van der Waals surface area contributed by atoms with Crippen LogP contribution in [0.5, 0.6) is 0 Å². The fourth-order valence-electron chi connectivity index (χ4n) is 3.32. The van der Waals surface area contributed by atoms with Crippen molar-refractivity contribution in [1.29, 1.82) is 0 Å². The largest absolute Gasteiger partial charge is 0.393 e. The van der Waals surface area contributed by atoms with Crippen LogP contribution in [-0.2, 0) is 6.54 Å². The molecule has 0 bridgehead atoms. The summed E-state index contributed by atoms with van der Waals surface area (Å²) in [5.74, 6) is 0.929. The third-order valence-corrected chi connectivity index (χ3v) is 4.52. The molecule has 1 saturated carbocycles. The summed E-state index contributed by atoms with van der Waals surface area (Å²) in [7, 11) is 2.05. The average molecular weight is 279 g/mol. The van der Waals surface area contributed by atoms with E-state index in [4.69, 9.17) is 0 Å². The fraction of sp³-hybridized carbons (Fsp3) is 0.647. The van der Waals surface area contributed by atoms with E-state index in [1.807, 2.05) is 13.1 Å². The lowest BCUT2D eigenvalue weighted by Gasteiger charge is -2.35. The van der Waals surface area contributed by atoms with Crippen LogP contribution in [-0.4, -0.2) is 29.7 Å². The van der Waals surface area contributed by atoms with Crippen LogP contribution in [0.3, 0.4) is 0 Å². The van der Waals surface area contributed by atoms with Crippen LogP contribution in [0, 0.1) is 17.7 Å². The molecule has 0 amide bonds. The molecule has 0 saturated heterocycles. The molecule has 20 heavy (non-hydrogen) atoms.